The van der Waals surface area contributed by atoms with Gasteiger partial charge in [0.1, 0.15) is 0 Å². The van der Waals surface area contributed by atoms with Crippen LogP contribution in [0.5, 0.6) is 0 Å². The van der Waals surface area contributed by atoms with Gasteiger partial charge < -0.3 is 9.80 Å². The maximum Gasteiger partial charge on any atom is 0.0540 e. The lowest BCUT2D eigenvalue weighted by Crippen LogP contribution is -2.37. The van der Waals surface area contributed by atoms with Crippen LogP contribution in [0.4, 0.5) is 34.1 Å². The Morgan fingerprint density at radius 3 is 1.67 bits per heavy atom. The summed E-state index contributed by atoms with van der Waals surface area (Å²) in [6.07, 6.45) is 4.87. The van der Waals surface area contributed by atoms with Gasteiger partial charge in [0, 0.05) is 44.7 Å². The molecular formula is C56H50N2. The van der Waals surface area contributed by atoms with Crippen molar-refractivity contribution in [2.45, 2.75) is 57.3 Å². The zero-order chi connectivity index (χ0) is 39.3. The number of hydrogen-bond donors (Lipinski definition) is 0. The van der Waals surface area contributed by atoms with Gasteiger partial charge in [0.15, 0.2) is 0 Å². The van der Waals surface area contributed by atoms with Crippen molar-refractivity contribution in [2.75, 3.05) is 9.80 Å². The molecule has 284 valence electrons. The summed E-state index contributed by atoms with van der Waals surface area (Å²) < 4.78 is 0. The van der Waals surface area contributed by atoms with Crippen LogP contribution in [0.1, 0.15) is 68.7 Å². The van der Waals surface area contributed by atoms with Gasteiger partial charge in [0.2, 0.25) is 0 Å². The summed E-state index contributed by atoms with van der Waals surface area (Å²) in [4.78, 5) is 4.84. The Morgan fingerprint density at radius 2 is 0.983 bits per heavy atom. The van der Waals surface area contributed by atoms with Gasteiger partial charge in [0.25, 0.3) is 0 Å². The summed E-state index contributed by atoms with van der Waals surface area (Å²) in [6.45, 7) is 7.21. The van der Waals surface area contributed by atoms with Crippen molar-refractivity contribution in [3.63, 3.8) is 0 Å². The Hall–Kier alpha value is -6.38. The first kappa shape index (κ1) is 36.0. The molecule has 0 heterocycles. The van der Waals surface area contributed by atoms with Crippen LogP contribution in [0.3, 0.4) is 0 Å². The van der Waals surface area contributed by atoms with Gasteiger partial charge in [0.05, 0.1) is 5.69 Å². The molecular weight excluding hydrogens is 701 g/mol. The minimum atomic E-state index is -0.0761. The standard InChI is InChI=1S/C56H50N2/c1-40-17-14-15-38-56(40,43-30-34-47(35-31-43)58(45-22-8-5-9-23-45)54-27-16-19-41-18-10-11-24-49(41)54)42-28-32-46(33-29-42)57(44-20-6-4-7-21-44)48-36-37-51-50-25-12-13-26-52(50)55(2,3)53(51)39-48/h4-13,16,18-37,39-40H,14-15,17,38H2,1-3H3. The van der Waals surface area contributed by atoms with E-state index < -0.39 is 0 Å². The highest BCUT2D eigenvalue weighted by Crippen LogP contribution is 2.52. The fourth-order valence-electron chi connectivity index (χ4n) is 10.5. The van der Waals surface area contributed by atoms with Gasteiger partial charge in [-0.3, -0.25) is 0 Å². The van der Waals surface area contributed by atoms with Crippen molar-refractivity contribution in [3.8, 4) is 11.1 Å². The molecule has 0 aromatic heterocycles. The minimum absolute atomic E-state index is 0.0692. The van der Waals surface area contributed by atoms with E-state index in [1.807, 2.05) is 0 Å². The van der Waals surface area contributed by atoms with Crippen LogP contribution in [0.25, 0.3) is 21.9 Å². The Balaban J connectivity index is 1.04. The van der Waals surface area contributed by atoms with E-state index in [9.17, 15) is 0 Å². The van der Waals surface area contributed by atoms with Crippen molar-refractivity contribution < 1.29 is 0 Å². The number of hydrogen-bond acceptors (Lipinski definition) is 2. The molecule has 0 saturated heterocycles. The Labute approximate surface area is 344 Å². The number of para-hydroxylation sites is 2. The van der Waals surface area contributed by atoms with Gasteiger partial charge in [-0.15, -0.1) is 0 Å². The molecule has 2 unspecified atom stereocenters. The molecule has 0 amide bonds. The molecule has 0 spiro atoms. The largest absolute Gasteiger partial charge is 0.310 e. The fourth-order valence-corrected chi connectivity index (χ4v) is 10.5. The predicted molar refractivity (Wildman–Crippen MR) is 246 cm³/mol. The van der Waals surface area contributed by atoms with E-state index in [2.05, 4.69) is 225 Å². The molecule has 2 heteroatoms. The molecule has 2 atom stereocenters. The van der Waals surface area contributed by atoms with Gasteiger partial charge >= 0.3 is 0 Å². The van der Waals surface area contributed by atoms with Gasteiger partial charge in [-0.05, 0) is 124 Å². The number of nitrogens with zero attached hydrogens (tertiary/aromatic N) is 2. The van der Waals surface area contributed by atoms with Crippen LogP contribution < -0.4 is 9.80 Å². The molecule has 2 nitrogen and oxygen atoms in total. The molecule has 8 aromatic rings. The highest BCUT2D eigenvalue weighted by atomic mass is 15.1. The third-order valence-corrected chi connectivity index (χ3v) is 13.4. The van der Waals surface area contributed by atoms with Gasteiger partial charge in [-0.2, -0.15) is 0 Å². The summed E-state index contributed by atoms with van der Waals surface area (Å²) in [5, 5.41) is 2.49. The first-order valence-corrected chi connectivity index (χ1v) is 21.1. The van der Waals surface area contributed by atoms with Crippen LogP contribution in [0, 0.1) is 5.92 Å². The Kier molecular flexibility index (Phi) is 9.02. The molecule has 8 aromatic carbocycles. The van der Waals surface area contributed by atoms with E-state index in [4.69, 9.17) is 0 Å². The number of benzene rings is 8. The van der Waals surface area contributed by atoms with E-state index in [-0.39, 0.29) is 10.8 Å². The molecule has 1 fully saturated rings. The maximum atomic E-state index is 2.48. The molecule has 0 aliphatic heterocycles. The number of anilines is 6. The summed E-state index contributed by atoms with van der Waals surface area (Å²) in [5.74, 6) is 0.507. The molecule has 0 radical (unpaired) electrons. The van der Waals surface area contributed by atoms with Crippen LogP contribution in [0.15, 0.2) is 194 Å². The zero-order valence-corrected chi connectivity index (χ0v) is 33.8. The van der Waals surface area contributed by atoms with Gasteiger partial charge in [-0.1, -0.05) is 161 Å². The fraction of sp³-hybridized carbons (Fsp3) is 0.179. The van der Waals surface area contributed by atoms with E-state index >= 15 is 0 Å². The molecule has 10 rings (SSSR count). The third-order valence-electron chi connectivity index (χ3n) is 13.4. The molecule has 2 aliphatic rings. The zero-order valence-electron chi connectivity index (χ0n) is 33.8. The van der Waals surface area contributed by atoms with Crippen molar-refractivity contribution in [1.82, 2.24) is 0 Å². The normalized spacial score (nSPS) is 18.0. The van der Waals surface area contributed by atoms with E-state index in [1.165, 1.54) is 86.2 Å². The van der Waals surface area contributed by atoms with Crippen molar-refractivity contribution >= 4 is 44.9 Å². The lowest BCUT2D eigenvalue weighted by molar-refractivity contribution is 0.244. The van der Waals surface area contributed by atoms with E-state index in [0.717, 1.165) is 17.8 Å². The highest BCUT2D eigenvalue weighted by Gasteiger charge is 2.42. The summed E-state index contributed by atoms with van der Waals surface area (Å²) in [5.41, 5.74) is 15.2. The molecule has 1 saturated carbocycles. The third kappa shape index (κ3) is 5.93. The second kappa shape index (κ2) is 14.5. The summed E-state index contributed by atoms with van der Waals surface area (Å²) >= 11 is 0. The average molecular weight is 751 g/mol. The second-order valence-corrected chi connectivity index (χ2v) is 17.0. The lowest BCUT2D eigenvalue weighted by Gasteiger charge is -2.44. The second-order valence-electron chi connectivity index (χ2n) is 17.0. The lowest BCUT2D eigenvalue weighted by atomic mass is 9.60. The first-order chi connectivity index (χ1) is 28.4. The number of fused-ring (bicyclic) bond motifs is 4. The smallest absolute Gasteiger partial charge is 0.0540 e. The Bertz CT molecular complexity index is 2710. The van der Waals surface area contributed by atoms with Crippen LogP contribution in [-0.2, 0) is 10.8 Å². The van der Waals surface area contributed by atoms with Crippen LogP contribution in [-0.4, -0.2) is 0 Å². The van der Waals surface area contributed by atoms with Crippen LogP contribution in [0.2, 0.25) is 0 Å². The van der Waals surface area contributed by atoms with Gasteiger partial charge in [-0.25, -0.2) is 0 Å². The SMILES string of the molecule is CC1CCCCC1(c1ccc(N(c2ccccc2)c2ccc3c(c2)C(C)(C)c2ccccc2-3)cc1)c1ccc(N(c2ccccc2)c2cccc3ccccc23)cc1. The summed E-state index contributed by atoms with van der Waals surface area (Å²) in [6, 6.07) is 72.1. The van der Waals surface area contributed by atoms with E-state index in [1.54, 1.807) is 0 Å². The maximum absolute atomic E-state index is 2.48. The van der Waals surface area contributed by atoms with E-state index in [0.29, 0.717) is 5.92 Å². The topological polar surface area (TPSA) is 6.48 Å². The molecule has 0 N–H and O–H groups in total. The quantitative estimate of drug-likeness (QED) is 0.153. The minimum Gasteiger partial charge on any atom is -0.310 e. The highest BCUT2D eigenvalue weighted by molar-refractivity contribution is 5.99. The molecule has 0 bridgehead atoms. The molecule has 2 aliphatic carbocycles. The van der Waals surface area contributed by atoms with Crippen LogP contribution >= 0.6 is 0 Å². The first-order valence-electron chi connectivity index (χ1n) is 21.1. The predicted octanol–water partition coefficient (Wildman–Crippen LogP) is 15.6. The number of rotatable bonds is 8. The Morgan fingerprint density at radius 1 is 0.448 bits per heavy atom. The monoisotopic (exact) mass is 750 g/mol. The van der Waals surface area contributed by atoms with Crippen molar-refractivity contribution in [3.05, 3.63) is 216 Å². The average Bonchev–Trinajstić information content (AvgIpc) is 3.51. The van der Waals surface area contributed by atoms with Crippen molar-refractivity contribution in [1.29, 1.82) is 0 Å². The molecule has 58 heavy (non-hydrogen) atoms. The van der Waals surface area contributed by atoms with Crippen molar-refractivity contribution in [2.24, 2.45) is 5.92 Å². The summed E-state index contributed by atoms with van der Waals surface area (Å²) in [7, 11) is 0.